The highest BCUT2D eigenvalue weighted by molar-refractivity contribution is 5.89. The van der Waals surface area contributed by atoms with Gasteiger partial charge >= 0.3 is 11.9 Å². The Labute approximate surface area is 244 Å². The van der Waals surface area contributed by atoms with Crippen LogP contribution in [0.1, 0.15) is 45.9 Å². The van der Waals surface area contributed by atoms with Gasteiger partial charge in [-0.25, -0.2) is 4.79 Å². The molecule has 0 spiro atoms. The first-order valence-electron chi connectivity index (χ1n) is 13.6. The lowest BCUT2D eigenvalue weighted by atomic mass is 9.65. The van der Waals surface area contributed by atoms with Crippen molar-refractivity contribution in [1.82, 2.24) is 0 Å². The summed E-state index contributed by atoms with van der Waals surface area (Å²) in [4.78, 5) is 25.6. The number of anilines is 1. The summed E-state index contributed by atoms with van der Waals surface area (Å²) in [6.07, 6.45) is 0. The summed E-state index contributed by atoms with van der Waals surface area (Å²) in [6, 6.07) is 14.4. The summed E-state index contributed by atoms with van der Waals surface area (Å²) in [5.74, 6) is 0.713. The van der Waals surface area contributed by atoms with E-state index in [9.17, 15) is 9.59 Å². The van der Waals surface area contributed by atoms with Crippen molar-refractivity contribution in [2.24, 2.45) is 11.8 Å². The first-order chi connectivity index (χ1) is 20.4. The minimum atomic E-state index is -0.519. The molecule has 3 aromatic rings. The standard InChI is InChI=1S/C32H35NO9/c1-7-41-31(34)17-8-10-19(11-9-17)33-29-21-15-24(37-3)23(36-2)14-20(21)27(28-22(29)16-42-32(28)35)18-12-25(38-4)30(40-6)26(13-18)39-5/h8-15,22,27-29,33H,7,16H2,1-6H3/t22-,27+,28-,29?/m0/s1. The summed E-state index contributed by atoms with van der Waals surface area (Å²) < 4.78 is 39.0. The zero-order valence-corrected chi connectivity index (χ0v) is 24.5. The van der Waals surface area contributed by atoms with Gasteiger partial charge in [-0.15, -0.1) is 0 Å². The molecule has 1 unspecified atom stereocenters. The van der Waals surface area contributed by atoms with Crippen LogP contribution in [0.4, 0.5) is 5.69 Å². The van der Waals surface area contributed by atoms with E-state index in [1.165, 1.54) is 0 Å². The molecule has 2 aliphatic rings. The minimum Gasteiger partial charge on any atom is -0.493 e. The average molecular weight is 578 g/mol. The molecule has 1 N–H and O–H groups in total. The van der Waals surface area contributed by atoms with Crippen molar-refractivity contribution in [3.8, 4) is 28.7 Å². The molecule has 10 heteroatoms. The van der Waals surface area contributed by atoms with Crippen molar-refractivity contribution in [2.75, 3.05) is 54.1 Å². The van der Waals surface area contributed by atoms with Gasteiger partial charge in [-0.3, -0.25) is 4.79 Å². The molecule has 1 saturated heterocycles. The Morgan fingerprint density at radius 3 is 1.98 bits per heavy atom. The van der Waals surface area contributed by atoms with Gasteiger partial charge in [-0.2, -0.15) is 0 Å². The van der Waals surface area contributed by atoms with E-state index in [-0.39, 0.29) is 30.5 Å². The van der Waals surface area contributed by atoms with Crippen molar-refractivity contribution in [1.29, 1.82) is 0 Å². The molecule has 1 aliphatic carbocycles. The van der Waals surface area contributed by atoms with E-state index in [0.29, 0.717) is 40.9 Å². The number of cyclic esters (lactones) is 1. The van der Waals surface area contributed by atoms with E-state index in [4.69, 9.17) is 33.2 Å². The van der Waals surface area contributed by atoms with Gasteiger partial charge in [-0.1, -0.05) is 0 Å². The number of hydrogen-bond acceptors (Lipinski definition) is 10. The number of fused-ring (bicyclic) bond motifs is 2. The smallest absolute Gasteiger partial charge is 0.338 e. The molecule has 222 valence electrons. The van der Waals surface area contributed by atoms with Gasteiger partial charge in [0.25, 0.3) is 0 Å². The number of carbonyl (C=O) groups is 2. The Hall–Kier alpha value is -4.60. The van der Waals surface area contributed by atoms with Gasteiger partial charge < -0.3 is 38.5 Å². The molecule has 0 saturated carbocycles. The summed E-state index contributed by atoms with van der Waals surface area (Å²) in [5, 5.41) is 3.60. The van der Waals surface area contributed by atoms with E-state index in [0.717, 1.165) is 22.4 Å². The second-order valence-corrected chi connectivity index (χ2v) is 10.0. The second kappa shape index (κ2) is 12.1. The predicted molar refractivity (Wildman–Crippen MR) is 154 cm³/mol. The Bertz CT molecular complexity index is 1440. The molecule has 4 atom stereocenters. The van der Waals surface area contributed by atoms with Crippen molar-refractivity contribution in [3.63, 3.8) is 0 Å². The van der Waals surface area contributed by atoms with Gasteiger partial charge in [0.15, 0.2) is 23.0 Å². The van der Waals surface area contributed by atoms with E-state index in [2.05, 4.69) is 5.32 Å². The summed E-state index contributed by atoms with van der Waals surface area (Å²) in [5.41, 5.74) is 3.85. The highest BCUT2D eigenvalue weighted by atomic mass is 16.5. The molecular weight excluding hydrogens is 542 g/mol. The zero-order valence-electron chi connectivity index (χ0n) is 24.5. The molecule has 0 aromatic heterocycles. The van der Waals surface area contributed by atoms with Crippen LogP contribution in [0.5, 0.6) is 28.7 Å². The third-order valence-corrected chi connectivity index (χ3v) is 7.96. The Kier molecular flexibility index (Phi) is 8.33. The quantitative estimate of drug-likeness (QED) is 0.331. The fourth-order valence-corrected chi connectivity index (χ4v) is 6.06. The van der Waals surface area contributed by atoms with Crippen LogP contribution in [0, 0.1) is 11.8 Å². The van der Waals surface area contributed by atoms with Crippen molar-refractivity contribution in [2.45, 2.75) is 18.9 Å². The van der Waals surface area contributed by atoms with Crippen molar-refractivity contribution >= 4 is 17.6 Å². The maximum absolute atomic E-state index is 13.4. The molecule has 1 fully saturated rings. The van der Waals surface area contributed by atoms with Crippen LogP contribution in [-0.4, -0.2) is 60.7 Å². The van der Waals surface area contributed by atoms with Crippen LogP contribution in [0.2, 0.25) is 0 Å². The number of methoxy groups -OCH3 is 5. The third kappa shape index (κ3) is 5.01. The number of rotatable bonds is 10. The van der Waals surface area contributed by atoms with E-state index < -0.39 is 11.8 Å². The second-order valence-electron chi connectivity index (χ2n) is 10.0. The van der Waals surface area contributed by atoms with E-state index >= 15 is 0 Å². The van der Waals surface area contributed by atoms with Crippen LogP contribution in [0.3, 0.4) is 0 Å². The molecular formula is C32H35NO9. The third-order valence-electron chi connectivity index (χ3n) is 7.96. The normalized spacial score (nSPS) is 20.5. The monoisotopic (exact) mass is 577 g/mol. The fraction of sp³-hybridized carbons (Fsp3) is 0.375. The topological polar surface area (TPSA) is 111 Å². The van der Waals surface area contributed by atoms with Crippen molar-refractivity contribution in [3.05, 3.63) is 70.8 Å². The number of esters is 2. The van der Waals surface area contributed by atoms with Crippen LogP contribution in [-0.2, 0) is 14.3 Å². The Morgan fingerprint density at radius 1 is 0.833 bits per heavy atom. The predicted octanol–water partition coefficient (Wildman–Crippen LogP) is 4.99. The van der Waals surface area contributed by atoms with Crippen LogP contribution < -0.4 is 29.0 Å². The lowest BCUT2D eigenvalue weighted by Gasteiger charge is -2.40. The number of ether oxygens (including phenoxy) is 7. The minimum absolute atomic E-state index is 0.225. The van der Waals surface area contributed by atoms with Gasteiger partial charge in [0.2, 0.25) is 5.75 Å². The Balaban J connectivity index is 1.66. The van der Waals surface area contributed by atoms with Gasteiger partial charge in [-0.05, 0) is 72.1 Å². The Morgan fingerprint density at radius 2 is 1.43 bits per heavy atom. The van der Waals surface area contributed by atoms with Crippen molar-refractivity contribution < 1.29 is 42.7 Å². The highest BCUT2D eigenvalue weighted by Crippen LogP contribution is 2.55. The van der Waals surface area contributed by atoms with Crippen LogP contribution >= 0.6 is 0 Å². The number of nitrogens with one attached hydrogen (secondary N) is 1. The molecule has 3 aromatic carbocycles. The summed E-state index contributed by atoms with van der Waals surface area (Å²) in [6.45, 7) is 2.30. The largest absolute Gasteiger partial charge is 0.493 e. The lowest BCUT2D eigenvalue weighted by molar-refractivity contribution is -0.141. The highest BCUT2D eigenvalue weighted by Gasteiger charge is 2.52. The molecule has 10 nitrogen and oxygen atoms in total. The van der Waals surface area contributed by atoms with Crippen LogP contribution in [0.15, 0.2) is 48.5 Å². The zero-order chi connectivity index (χ0) is 30.0. The molecule has 1 heterocycles. The summed E-state index contributed by atoms with van der Waals surface area (Å²) in [7, 11) is 7.83. The van der Waals surface area contributed by atoms with Gasteiger partial charge in [0.1, 0.15) is 0 Å². The number of benzene rings is 3. The maximum Gasteiger partial charge on any atom is 0.338 e. The molecule has 0 radical (unpaired) electrons. The molecule has 0 amide bonds. The van der Waals surface area contributed by atoms with E-state index in [1.54, 1.807) is 54.6 Å². The summed E-state index contributed by atoms with van der Waals surface area (Å²) >= 11 is 0. The van der Waals surface area contributed by atoms with Gasteiger partial charge in [0, 0.05) is 17.5 Å². The lowest BCUT2D eigenvalue weighted by Crippen LogP contribution is -2.37. The fourth-order valence-electron chi connectivity index (χ4n) is 6.06. The number of carbonyl (C=O) groups excluding carboxylic acids is 2. The first-order valence-corrected chi connectivity index (χ1v) is 13.6. The average Bonchev–Trinajstić information content (AvgIpc) is 3.40. The molecule has 0 bridgehead atoms. The maximum atomic E-state index is 13.4. The SMILES string of the molecule is CCOC(=O)c1ccc(NC2c3cc(OC)c(OC)cc3[C@@H](c3cc(OC)c(OC)c(OC)c3)[C@H]3C(=O)OC[C@H]23)cc1. The van der Waals surface area contributed by atoms with E-state index in [1.807, 2.05) is 36.4 Å². The first kappa shape index (κ1) is 28.9. The molecule has 42 heavy (non-hydrogen) atoms. The van der Waals surface area contributed by atoms with Crippen LogP contribution in [0.25, 0.3) is 0 Å². The van der Waals surface area contributed by atoms with Gasteiger partial charge in [0.05, 0.1) is 66.3 Å². The molecule has 5 rings (SSSR count). The number of hydrogen-bond donors (Lipinski definition) is 1. The molecule has 1 aliphatic heterocycles.